The minimum atomic E-state index is -0.939. The van der Waals surface area contributed by atoms with Crippen LogP contribution < -0.4 is 10.1 Å². The molecule has 0 radical (unpaired) electrons. The van der Waals surface area contributed by atoms with Gasteiger partial charge in [0, 0.05) is 23.7 Å². The van der Waals surface area contributed by atoms with Crippen molar-refractivity contribution in [2.45, 2.75) is 20.3 Å². The minimum Gasteiger partial charge on any atom is -0.497 e. The first kappa shape index (κ1) is 21.1. The molecule has 0 saturated heterocycles. The molecule has 0 bridgehead atoms. The van der Waals surface area contributed by atoms with Gasteiger partial charge in [-0.25, -0.2) is 9.18 Å². The quantitative estimate of drug-likeness (QED) is 0.549. The largest absolute Gasteiger partial charge is 0.497 e. The van der Waals surface area contributed by atoms with E-state index in [4.69, 9.17) is 9.47 Å². The number of methoxy groups -OCH3 is 1. The van der Waals surface area contributed by atoms with Gasteiger partial charge in [-0.2, -0.15) is 0 Å². The molecule has 0 aliphatic carbocycles. The van der Waals surface area contributed by atoms with Gasteiger partial charge in [-0.3, -0.25) is 9.59 Å². The van der Waals surface area contributed by atoms with E-state index < -0.39 is 24.2 Å². The third-order valence-electron chi connectivity index (χ3n) is 3.81. The summed E-state index contributed by atoms with van der Waals surface area (Å²) in [7, 11) is 1.38. The van der Waals surface area contributed by atoms with Crippen LogP contribution in [0.25, 0.3) is 0 Å². The summed E-state index contributed by atoms with van der Waals surface area (Å²) in [6.45, 7) is 3.37. The van der Waals surface area contributed by atoms with Crippen LogP contribution in [-0.4, -0.2) is 31.4 Å². The molecule has 0 fully saturated rings. The zero-order valence-electron chi connectivity index (χ0n) is 16.0. The van der Waals surface area contributed by atoms with Crippen molar-refractivity contribution in [3.8, 4) is 5.75 Å². The van der Waals surface area contributed by atoms with Crippen molar-refractivity contribution in [2.75, 3.05) is 19.0 Å². The summed E-state index contributed by atoms with van der Waals surface area (Å²) in [6, 6.07) is 9.95. The summed E-state index contributed by atoms with van der Waals surface area (Å²) in [5.41, 5.74) is 0.598. The highest BCUT2D eigenvalue weighted by Crippen LogP contribution is 2.17. The van der Waals surface area contributed by atoms with Gasteiger partial charge in [0.05, 0.1) is 12.7 Å². The van der Waals surface area contributed by atoms with E-state index in [-0.39, 0.29) is 23.1 Å². The van der Waals surface area contributed by atoms with E-state index in [1.807, 2.05) is 13.8 Å². The Morgan fingerprint density at radius 1 is 1.07 bits per heavy atom. The molecular weight excluding hydrogens is 365 g/mol. The summed E-state index contributed by atoms with van der Waals surface area (Å²) in [5, 5.41) is 2.74. The molecule has 0 unspecified atom stereocenters. The van der Waals surface area contributed by atoms with Crippen molar-refractivity contribution in [2.24, 2.45) is 5.92 Å². The number of esters is 1. The molecule has 0 spiro atoms. The average molecular weight is 387 g/mol. The second kappa shape index (κ2) is 9.64. The van der Waals surface area contributed by atoms with Crippen LogP contribution in [0.15, 0.2) is 42.5 Å². The number of amides is 1. The summed E-state index contributed by atoms with van der Waals surface area (Å²) in [5.74, 6) is -1.77. The van der Waals surface area contributed by atoms with Crippen molar-refractivity contribution >= 4 is 23.3 Å². The molecule has 0 aromatic heterocycles. The van der Waals surface area contributed by atoms with Gasteiger partial charge >= 0.3 is 5.97 Å². The molecule has 6 nitrogen and oxygen atoms in total. The number of anilines is 1. The molecule has 0 aliphatic heterocycles. The average Bonchev–Trinajstić information content (AvgIpc) is 2.65. The standard InChI is InChI=1S/C21H22FNO5/c1-13(2)10-20(25)23-15-6-4-14(5-7-15)19(24)12-28-21(26)17-9-8-16(27-3)11-18(17)22/h4-9,11,13H,10,12H2,1-3H3,(H,23,25). The minimum absolute atomic E-state index is 0.107. The predicted octanol–water partition coefficient (Wildman–Crippen LogP) is 3.86. The number of carbonyl (C=O) groups excluding carboxylic acids is 3. The Hall–Kier alpha value is -3.22. The number of hydrogen-bond acceptors (Lipinski definition) is 5. The van der Waals surface area contributed by atoms with Crippen LogP contribution in [0.4, 0.5) is 10.1 Å². The molecule has 0 aliphatic rings. The highest BCUT2D eigenvalue weighted by Gasteiger charge is 2.16. The number of nitrogens with one attached hydrogen (secondary N) is 1. The number of halogens is 1. The summed E-state index contributed by atoms with van der Waals surface area (Å²) in [4.78, 5) is 35.9. The lowest BCUT2D eigenvalue weighted by Crippen LogP contribution is -2.16. The van der Waals surface area contributed by atoms with Crippen molar-refractivity contribution in [3.05, 3.63) is 59.4 Å². The Bertz CT molecular complexity index is 862. The van der Waals surface area contributed by atoms with Crippen LogP contribution >= 0.6 is 0 Å². The maximum Gasteiger partial charge on any atom is 0.341 e. The Morgan fingerprint density at radius 3 is 2.32 bits per heavy atom. The monoisotopic (exact) mass is 387 g/mol. The molecule has 1 N–H and O–H groups in total. The summed E-state index contributed by atoms with van der Waals surface area (Å²) >= 11 is 0. The van der Waals surface area contributed by atoms with Crippen molar-refractivity contribution in [1.82, 2.24) is 0 Å². The van der Waals surface area contributed by atoms with E-state index in [0.717, 1.165) is 6.07 Å². The van der Waals surface area contributed by atoms with Crippen molar-refractivity contribution in [1.29, 1.82) is 0 Å². The Kier molecular flexibility index (Phi) is 7.26. The number of benzene rings is 2. The maximum absolute atomic E-state index is 13.9. The normalized spacial score (nSPS) is 10.5. The second-order valence-corrected chi connectivity index (χ2v) is 6.57. The lowest BCUT2D eigenvalue weighted by atomic mass is 10.1. The van der Waals surface area contributed by atoms with Crippen molar-refractivity contribution < 1.29 is 28.2 Å². The van der Waals surface area contributed by atoms with Crippen LogP contribution in [0.3, 0.4) is 0 Å². The first-order valence-corrected chi connectivity index (χ1v) is 8.74. The van der Waals surface area contributed by atoms with Crippen LogP contribution in [0, 0.1) is 11.7 Å². The molecule has 2 aromatic carbocycles. The first-order valence-electron chi connectivity index (χ1n) is 8.74. The summed E-state index contributed by atoms with van der Waals surface area (Å²) in [6.07, 6.45) is 0.401. The first-order chi connectivity index (χ1) is 13.3. The number of carbonyl (C=O) groups is 3. The molecule has 2 aromatic rings. The molecule has 0 atom stereocenters. The number of Topliss-reactive ketones (excluding diaryl/α,β-unsaturated/α-hetero) is 1. The van der Waals surface area contributed by atoms with E-state index in [0.29, 0.717) is 17.7 Å². The molecule has 7 heteroatoms. The Morgan fingerprint density at radius 2 is 1.75 bits per heavy atom. The van der Waals surface area contributed by atoms with E-state index in [9.17, 15) is 18.8 Å². The fourth-order valence-electron chi connectivity index (χ4n) is 2.40. The zero-order chi connectivity index (χ0) is 20.7. The SMILES string of the molecule is COc1ccc(C(=O)OCC(=O)c2ccc(NC(=O)CC(C)C)cc2)c(F)c1. The van der Waals surface area contributed by atoms with Gasteiger partial charge in [0.15, 0.2) is 12.4 Å². The highest BCUT2D eigenvalue weighted by atomic mass is 19.1. The topological polar surface area (TPSA) is 81.7 Å². The molecule has 0 heterocycles. The van der Waals surface area contributed by atoms with Gasteiger partial charge in [-0.15, -0.1) is 0 Å². The van der Waals surface area contributed by atoms with Gasteiger partial charge in [-0.1, -0.05) is 13.8 Å². The molecule has 148 valence electrons. The lowest BCUT2D eigenvalue weighted by Gasteiger charge is -2.09. The van der Waals surface area contributed by atoms with E-state index >= 15 is 0 Å². The molecule has 28 heavy (non-hydrogen) atoms. The van der Waals surface area contributed by atoms with Crippen LogP contribution in [-0.2, 0) is 9.53 Å². The molecular formula is C21H22FNO5. The van der Waals surface area contributed by atoms with E-state index in [2.05, 4.69) is 5.32 Å². The third kappa shape index (κ3) is 5.90. The number of rotatable bonds is 8. The van der Waals surface area contributed by atoms with Gasteiger partial charge < -0.3 is 14.8 Å². The fourth-order valence-corrected chi connectivity index (χ4v) is 2.40. The molecule has 1 amide bonds. The van der Waals surface area contributed by atoms with Gasteiger partial charge in [0.25, 0.3) is 0 Å². The number of hydrogen-bond donors (Lipinski definition) is 1. The van der Waals surface area contributed by atoms with Crippen molar-refractivity contribution in [3.63, 3.8) is 0 Å². The number of ether oxygens (including phenoxy) is 2. The van der Waals surface area contributed by atoms with Gasteiger partial charge in [0.1, 0.15) is 11.6 Å². The van der Waals surface area contributed by atoms with Gasteiger partial charge in [-0.05, 0) is 42.3 Å². The predicted molar refractivity (Wildman–Crippen MR) is 102 cm³/mol. The van der Waals surface area contributed by atoms with Crippen LogP contribution in [0.1, 0.15) is 41.0 Å². The highest BCUT2D eigenvalue weighted by molar-refractivity contribution is 6.00. The second-order valence-electron chi connectivity index (χ2n) is 6.57. The van der Waals surface area contributed by atoms with Crippen LogP contribution in [0.5, 0.6) is 5.75 Å². The Labute approximate surface area is 162 Å². The third-order valence-corrected chi connectivity index (χ3v) is 3.81. The smallest absolute Gasteiger partial charge is 0.341 e. The lowest BCUT2D eigenvalue weighted by molar-refractivity contribution is -0.116. The van der Waals surface area contributed by atoms with Gasteiger partial charge in [0.2, 0.25) is 5.91 Å². The summed E-state index contributed by atoms with van der Waals surface area (Å²) < 4.78 is 23.6. The van der Waals surface area contributed by atoms with E-state index in [1.54, 1.807) is 12.1 Å². The molecule has 2 rings (SSSR count). The number of ketones is 1. The van der Waals surface area contributed by atoms with E-state index in [1.165, 1.54) is 31.4 Å². The Balaban J connectivity index is 1.92. The zero-order valence-corrected chi connectivity index (χ0v) is 16.0. The fraction of sp³-hybridized carbons (Fsp3) is 0.286. The molecule has 0 saturated carbocycles. The maximum atomic E-state index is 13.9. The van der Waals surface area contributed by atoms with Crippen LogP contribution in [0.2, 0.25) is 0 Å².